The number of nitrogens with zero attached hydrogens (tertiary/aromatic N) is 1. The average molecular weight is 496 g/mol. The fraction of sp³-hybridized carbons (Fsp3) is 0.0526. The number of carboxylic acids is 1. The van der Waals surface area contributed by atoms with Crippen molar-refractivity contribution < 1.29 is 24.2 Å². The Balaban J connectivity index is 1.91. The predicted molar refractivity (Wildman–Crippen MR) is 115 cm³/mol. The summed E-state index contributed by atoms with van der Waals surface area (Å²) in [6, 6.07) is 11.2. The quantitative estimate of drug-likeness (QED) is 0.375. The first-order chi connectivity index (χ1) is 13.8. The zero-order chi connectivity index (χ0) is 21.1. The molecule has 1 fully saturated rings. The molecule has 2 amide bonds. The van der Waals surface area contributed by atoms with Crippen molar-refractivity contribution in [3.05, 3.63) is 63.1 Å². The van der Waals surface area contributed by atoms with Crippen LogP contribution in [0.5, 0.6) is 5.75 Å². The van der Waals surface area contributed by atoms with Gasteiger partial charge in [0, 0.05) is 5.02 Å². The molecule has 1 aliphatic rings. The lowest BCUT2D eigenvalue weighted by Gasteiger charge is -2.29. The normalized spacial score (nSPS) is 15.4. The molecule has 2 aromatic rings. The van der Waals surface area contributed by atoms with Crippen LogP contribution in [0, 0.1) is 0 Å². The lowest BCUT2D eigenvalue weighted by atomic mass is 10.1. The fourth-order valence-corrected chi connectivity index (χ4v) is 3.43. The Morgan fingerprint density at radius 3 is 2.55 bits per heavy atom. The van der Waals surface area contributed by atoms with E-state index in [0.717, 1.165) is 0 Å². The van der Waals surface area contributed by atoms with Gasteiger partial charge in [0.05, 0.1) is 10.2 Å². The van der Waals surface area contributed by atoms with Crippen molar-refractivity contribution in [3.63, 3.8) is 0 Å². The summed E-state index contributed by atoms with van der Waals surface area (Å²) in [6.07, 6.45) is 1.41. The van der Waals surface area contributed by atoms with Gasteiger partial charge in [-0.1, -0.05) is 17.7 Å². The number of benzene rings is 2. The largest absolute Gasteiger partial charge is 0.481 e. The molecule has 0 spiro atoms. The van der Waals surface area contributed by atoms with Crippen molar-refractivity contribution in [2.75, 3.05) is 11.5 Å². The Labute approximate surface area is 184 Å². The summed E-state index contributed by atoms with van der Waals surface area (Å²) in [5.74, 6) is -1.99. The maximum atomic E-state index is 12.9. The van der Waals surface area contributed by atoms with Gasteiger partial charge < -0.3 is 9.84 Å². The van der Waals surface area contributed by atoms with Gasteiger partial charge in [0.2, 0.25) is 0 Å². The lowest BCUT2D eigenvalue weighted by Crippen LogP contribution is -2.54. The first-order valence-corrected chi connectivity index (χ1v) is 9.65. The monoisotopic (exact) mass is 494 g/mol. The summed E-state index contributed by atoms with van der Waals surface area (Å²) in [5.41, 5.74) is 0.885. The van der Waals surface area contributed by atoms with Gasteiger partial charge >= 0.3 is 5.97 Å². The number of amides is 2. The summed E-state index contributed by atoms with van der Waals surface area (Å²) in [5, 5.41) is 11.7. The highest BCUT2D eigenvalue weighted by atomic mass is 79.9. The maximum absolute atomic E-state index is 12.9. The third-order valence-corrected chi connectivity index (χ3v) is 4.96. The summed E-state index contributed by atoms with van der Waals surface area (Å²) in [6.45, 7) is -0.493. The average Bonchev–Trinajstić information content (AvgIpc) is 2.65. The number of hydrogen-bond donors (Lipinski definition) is 2. The Morgan fingerprint density at radius 1 is 1.24 bits per heavy atom. The van der Waals surface area contributed by atoms with Crippen LogP contribution in [0.4, 0.5) is 5.69 Å². The molecule has 0 aromatic heterocycles. The number of aliphatic carboxylic acids is 1. The van der Waals surface area contributed by atoms with Crippen LogP contribution in [0.3, 0.4) is 0 Å². The smallest absolute Gasteiger partial charge is 0.341 e. The van der Waals surface area contributed by atoms with E-state index in [1.807, 2.05) is 0 Å². The van der Waals surface area contributed by atoms with E-state index in [4.69, 9.17) is 33.7 Å². The molecule has 1 aliphatic heterocycles. The minimum atomic E-state index is -1.11. The first-order valence-electron chi connectivity index (χ1n) is 8.07. The van der Waals surface area contributed by atoms with Crippen LogP contribution in [0.15, 0.2) is 52.5 Å². The molecule has 0 bridgehead atoms. The van der Waals surface area contributed by atoms with E-state index < -0.39 is 24.4 Å². The van der Waals surface area contributed by atoms with Gasteiger partial charge in [0.25, 0.3) is 11.8 Å². The number of rotatable bonds is 5. The molecular formula is C19H12BrClN2O5S. The van der Waals surface area contributed by atoms with Gasteiger partial charge in [-0.25, -0.2) is 4.79 Å². The van der Waals surface area contributed by atoms with Crippen LogP contribution in [-0.4, -0.2) is 34.6 Å². The van der Waals surface area contributed by atoms with E-state index in [0.29, 0.717) is 26.5 Å². The van der Waals surface area contributed by atoms with Gasteiger partial charge in [-0.3, -0.25) is 19.8 Å². The number of thiocarbonyl (C=S) groups is 1. The summed E-state index contributed by atoms with van der Waals surface area (Å²) in [7, 11) is 0. The molecule has 7 nitrogen and oxygen atoms in total. The zero-order valence-corrected chi connectivity index (χ0v) is 17.7. The Hall–Kier alpha value is -2.75. The first kappa shape index (κ1) is 21.0. The number of carboxylic acid groups (broad SMARTS) is 1. The number of carbonyl (C=O) groups excluding carboxylic acids is 2. The Bertz CT molecular complexity index is 1060. The van der Waals surface area contributed by atoms with Crippen molar-refractivity contribution in [1.29, 1.82) is 0 Å². The molecule has 0 unspecified atom stereocenters. The predicted octanol–water partition coefficient (Wildman–Crippen LogP) is 3.40. The highest BCUT2D eigenvalue weighted by Crippen LogP contribution is 2.28. The van der Waals surface area contributed by atoms with Crippen LogP contribution in [0.2, 0.25) is 5.02 Å². The van der Waals surface area contributed by atoms with Gasteiger partial charge in [-0.05, 0) is 76.2 Å². The summed E-state index contributed by atoms with van der Waals surface area (Å²) in [4.78, 5) is 37.1. The van der Waals surface area contributed by atoms with Crippen molar-refractivity contribution in [1.82, 2.24) is 5.32 Å². The Kier molecular flexibility index (Phi) is 6.31. The molecule has 10 heteroatoms. The number of nitrogens with one attached hydrogen (secondary N) is 1. The highest BCUT2D eigenvalue weighted by molar-refractivity contribution is 9.10. The molecule has 1 heterocycles. The van der Waals surface area contributed by atoms with Crippen molar-refractivity contribution >= 4 is 74.4 Å². The number of carbonyl (C=O) groups is 3. The second kappa shape index (κ2) is 8.73. The molecule has 2 N–H and O–H groups in total. The summed E-state index contributed by atoms with van der Waals surface area (Å²) < 4.78 is 5.61. The van der Waals surface area contributed by atoms with Crippen molar-refractivity contribution in [2.24, 2.45) is 0 Å². The van der Waals surface area contributed by atoms with Gasteiger partial charge in [-0.15, -0.1) is 0 Å². The minimum absolute atomic E-state index is 0.0296. The van der Waals surface area contributed by atoms with Crippen LogP contribution >= 0.6 is 39.7 Å². The molecule has 0 radical (unpaired) electrons. The van der Waals surface area contributed by atoms with Crippen LogP contribution in [-0.2, 0) is 14.4 Å². The number of anilines is 1. The van der Waals surface area contributed by atoms with Gasteiger partial charge in [-0.2, -0.15) is 0 Å². The van der Waals surface area contributed by atoms with Crippen LogP contribution in [0.25, 0.3) is 6.08 Å². The highest BCUT2D eigenvalue weighted by Gasteiger charge is 2.34. The molecule has 3 rings (SSSR count). The molecule has 1 saturated heterocycles. The number of ether oxygens (including phenoxy) is 1. The van der Waals surface area contributed by atoms with Crippen molar-refractivity contribution in [3.8, 4) is 5.75 Å². The number of hydrogen-bond acceptors (Lipinski definition) is 5. The molecule has 0 saturated carbocycles. The molecule has 2 aromatic carbocycles. The van der Waals surface area contributed by atoms with Crippen LogP contribution in [0.1, 0.15) is 5.56 Å². The second-order valence-electron chi connectivity index (χ2n) is 5.81. The van der Waals surface area contributed by atoms with E-state index >= 15 is 0 Å². The standard InChI is InChI=1S/C19H12BrClN2O5S/c20-14-8-10(1-6-15(14)28-9-16(24)25)7-13-17(26)22-19(29)23(18(13)27)12-4-2-11(21)3-5-12/h1-8H,9H2,(H,24,25)(H,22,26,29)/b13-7-. The number of halogens is 2. The molecular weight excluding hydrogens is 484 g/mol. The molecule has 0 aliphatic carbocycles. The SMILES string of the molecule is O=C(O)COc1ccc(/C=C2/C(=O)NC(=S)N(c3ccc(Cl)cc3)C2=O)cc1Br. The minimum Gasteiger partial charge on any atom is -0.481 e. The third kappa shape index (κ3) is 4.81. The van der Waals surface area contributed by atoms with Gasteiger partial charge in [0.15, 0.2) is 11.7 Å². The summed E-state index contributed by atoms with van der Waals surface area (Å²) >= 11 is 14.3. The van der Waals surface area contributed by atoms with E-state index in [9.17, 15) is 14.4 Å². The third-order valence-electron chi connectivity index (χ3n) is 3.80. The zero-order valence-electron chi connectivity index (χ0n) is 14.5. The van der Waals surface area contributed by atoms with E-state index in [-0.39, 0.29) is 10.7 Å². The molecule has 148 valence electrons. The van der Waals surface area contributed by atoms with E-state index in [1.54, 1.807) is 36.4 Å². The fourth-order valence-electron chi connectivity index (χ4n) is 2.51. The van der Waals surface area contributed by atoms with E-state index in [1.165, 1.54) is 17.0 Å². The second-order valence-corrected chi connectivity index (χ2v) is 7.48. The lowest BCUT2D eigenvalue weighted by molar-refractivity contribution is -0.139. The maximum Gasteiger partial charge on any atom is 0.341 e. The Morgan fingerprint density at radius 2 is 1.93 bits per heavy atom. The topological polar surface area (TPSA) is 95.9 Å². The van der Waals surface area contributed by atoms with Crippen LogP contribution < -0.4 is 15.0 Å². The molecule has 29 heavy (non-hydrogen) atoms. The van der Waals surface area contributed by atoms with Crippen molar-refractivity contribution in [2.45, 2.75) is 0 Å². The molecule has 0 atom stereocenters. The van der Waals surface area contributed by atoms with E-state index in [2.05, 4.69) is 21.2 Å². The van der Waals surface area contributed by atoms with Gasteiger partial charge in [0.1, 0.15) is 11.3 Å².